The van der Waals surface area contributed by atoms with Crippen LogP contribution in [0.1, 0.15) is 29.2 Å². The minimum Gasteiger partial charge on any atom is -0.496 e. The van der Waals surface area contributed by atoms with Gasteiger partial charge in [0.05, 0.1) is 13.2 Å². The van der Waals surface area contributed by atoms with Crippen LogP contribution in [0.25, 0.3) is 0 Å². The molecule has 0 aliphatic heterocycles. The molecule has 2 aromatic rings. The molecular weight excluding hydrogens is 248 g/mol. The Labute approximate surface area is 119 Å². The maximum absolute atomic E-state index is 5.85. The van der Waals surface area contributed by atoms with E-state index in [-0.39, 0.29) is 0 Å². The number of nitrogens with one attached hydrogen (secondary N) is 1. The number of anilines is 2. The second-order valence-corrected chi connectivity index (χ2v) is 5.38. The molecule has 2 aromatic carbocycles. The summed E-state index contributed by atoms with van der Waals surface area (Å²) in [5.74, 6) is 0.926. The molecule has 104 valence electrons. The van der Waals surface area contributed by atoms with Crippen LogP contribution in [0.2, 0.25) is 0 Å². The maximum atomic E-state index is 5.85. The number of nitrogens with two attached hydrogens (primary N) is 1. The minimum atomic E-state index is 0.374. The fourth-order valence-corrected chi connectivity index (χ4v) is 2.96. The molecule has 1 unspecified atom stereocenters. The summed E-state index contributed by atoms with van der Waals surface area (Å²) in [7, 11) is 1.70. The Morgan fingerprint density at radius 2 is 2.05 bits per heavy atom. The molecule has 0 saturated carbocycles. The van der Waals surface area contributed by atoms with Crippen molar-refractivity contribution in [3.05, 3.63) is 53.1 Å². The van der Waals surface area contributed by atoms with Crippen molar-refractivity contribution in [3.63, 3.8) is 0 Å². The van der Waals surface area contributed by atoms with Crippen LogP contribution in [0.15, 0.2) is 36.4 Å². The second-order valence-electron chi connectivity index (χ2n) is 5.38. The molecule has 0 bridgehead atoms. The van der Waals surface area contributed by atoms with Crippen LogP contribution in [0.4, 0.5) is 11.4 Å². The summed E-state index contributed by atoms with van der Waals surface area (Å²) in [4.78, 5) is 0. The monoisotopic (exact) mass is 268 g/mol. The number of fused-ring (bicyclic) bond motifs is 1. The van der Waals surface area contributed by atoms with Gasteiger partial charge in [-0.05, 0) is 66.8 Å². The molecule has 0 heterocycles. The van der Waals surface area contributed by atoms with Crippen LogP contribution in [-0.4, -0.2) is 7.11 Å². The number of rotatable bonds is 3. The Bertz CT molecular complexity index is 637. The largest absolute Gasteiger partial charge is 0.496 e. The summed E-state index contributed by atoms with van der Waals surface area (Å²) in [5, 5.41) is 3.61. The van der Waals surface area contributed by atoms with Gasteiger partial charge in [-0.25, -0.2) is 0 Å². The summed E-state index contributed by atoms with van der Waals surface area (Å²) < 4.78 is 5.30. The quantitative estimate of drug-likeness (QED) is 0.835. The van der Waals surface area contributed by atoms with Gasteiger partial charge in [0.25, 0.3) is 0 Å². The molecular formula is C17H20N2O. The molecule has 20 heavy (non-hydrogen) atoms. The van der Waals surface area contributed by atoms with Crippen LogP contribution in [0.5, 0.6) is 5.75 Å². The van der Waals surface area contributed by atoms with Crippen molar-refractivity contribution >= 4 is 11.4 Å². The van der Waals surface area contributed by atoms with E-state index in [2.05, 4.69) is 36.5 Å². The van der Waals surface area contributed by atoms with E-state index in [4.69, 9.17) is 10.5 Å². The fourth-order valence-electron chi connectivity index (χ4n) is 2.96. The van der Waals surface area contributed by atoms with E-state index in [0.717, 1.165) is 35.5 Å². The lowest BCUT2D eigenvalue weighted by Crippen LogP contribution is -2.07. The molecule has 0 aromatic heterocycles. The highest BCUT2D eigenvalue weighted by Gasteiger charge is 2.22. The first kappa shape index (κ1) is 12.9. The number of hydrogen-bond acceptors (Lipinski definition) is 3. The summed E-state index contributed by atoms with van der Waals surface area (Å²) in [6, 6.07) is 12.8. The zero-order valence-electron chi connectivity index (χ0n) is 11.9. The van der Waals surface area contributed by atoms with E-state index < -0.39 is 0 Å². The standard InChI is InChI=1S/C17H20N2O/c1-11-9-14(5-8-17(11)20-2)19-16-7-3-12-10-13(18)4-6-15(12)16/h4-6,8-10,16,19H,3,7,18H2,1-2H3. The molecule has 0 saturated heterocycles. The zero-order chi connectivity index (χ0) is 14.1. The van der Waals surface area contributed by atoms with Gasteiger partial charge in [-0.3, -0.25) is 0 Å². The van der Waals surface area contributed by atoms with Crippen LogP contribution in [0, 0.1) is 6.92 Å². The Hall–Kier alpha value is -2.16. The lowest BCUT2D eigenvalue weighted by atomic mass is 10.1. The smallest absolute Gasteiger partial charge is 0.121 e. The molecule has 1 aliphatic rings. The van der Waals surface area contributed by atoms with Gasteiger partial charge in [-0.1, -0.05) is 6.07 Å². The van der Waals surface area contributed by atoms with E-state index in [1.54, 1.807) is 7.11 Å². The molecule has 3 heteroatoms. The normalized spacial score (nSPS) is 16.8. The first-order chi connectivity index (χ1) is 9.67. The van der Waals surface area contributed by atoms with E-state index in [9.17, 15) is 0 Å². The topological polar surface area (TPSA) is 47.3 Å². The van der Waals surface area contributed by atoms with E-state index in [0.29, 0.717) is 6.04 Å². The first-order valence-electron chi connectivity index (χ1n) is 6.97. The first-order valence-corrected chi connectivity index (χ1v) is 6.97. The molecule has 0 amide bonds. The van der Waals surface area contributed by atoms with Crippen molar-refractivity contribution < 1.29 is 4.74 Å². The fraction of sp³-hybridized carbons (Fsp3) is 0.294. The van der Waals surface area contributed by atoms with Gasteiger partial charge in [-0.2, -0.15) is 0 Å². The third-order valence-electron chi connectivity index (χ3n) is 3.98. The molecule has 0 spiro atoms. The molecule has 3 rings (SSSR count). The lowest BCUT2D eigenvalue weighted by molar-refractivity contribution is 0.412. The molecule has 1 aliphatic carbocycles. The van der Waals surface area contributed by atoms with Crippen molar-refractivity contribution in [3.8, 4) is 5.75 Å². The number of benzene rings is 2. The van der Waals surface area contributed by atoms with Crippen LogP contribution < -0.4 is 15.8 Å². The highest BCUT2D eigenvalue weighted by Crippen LogP contribution is 2.35. The number of nitrogen functional groups attached to an aromatic ring is 1. The number of aryl methyl sites for hydroxylation is 2. The Kier molecular flexibility index (Phi) is 3.26. The molecule has 3 nitrogen and oxygen atoms in total. The average Bonchev–Trinajstić information content (AvgIpc) is 2.81. The van der Waals surface area contributed by atoms with Crippen molar-refractivity contribution in [2.75, 3.05) is 18.2 Å². The van der Waals surface area contributed by atoms with Gasteiger partial charge >= 0.3 is 0 Å². The summed E-state index contributed by atoms with van der Waals surface area (Å²) in [5.41, 5.74) is 11.7. The average molecular weight is 268 g/mol. The van der Waals surface area contributed by atoms with Crippen LogP contribution in [-0.2, 0) is 6.42 Å². The Morgan fingerprint density at radius 1 is 1.20 bits per heavy atom. The van der Waals surface area contributed by atoms with E-state index in [1.165, 1.54) is 11.1 Å². The van der Waals surface area contributed by atoms with E-state index >= 15 is 0 Å². The SMILES string of the molecule is COc1ccc(NC2CCc3cc(N)ccc32)cc1C. The lowest BCUT2D eigenvalue weighted by Gasteiger charge is -2.17. The molecule has 0 radical (unpaired) electrons. The summed E-state index contributed by atoms with van der Waals surface area (Å²) in [6.07, 6.45) is 2.21. The molecule has 3 N–H and O–H groups in total. The highest BCUT2D eigenvalue weighted by molar-refractivity contribution is 5.55. The van der Waals surface area contributed by atoms with E-state index in [1.807, 2.05) is 12.1 Å². The highest BCUT2D eigenvalue weighted by atomic mass is 16.5. The molecule has 0 fully saturated rings. The number of ether oxygens (including phenoxy) is 1. The van der Waals surface area contributed by atoms with Crippen LogP contribution in [0.3, 0.4) is 0 Å². The Morgan fingerprint density at radius 3 is 2.80 bits per heavy atom. The second kappa shape index (κ2) is 5.08. The predicted molar refractivity (Wildman–Crippen MR) is 83.3 cm³/mol. The van der Waals surface area contributed by atoms with Gasteiger partial charge < -0.3 is 15.8 Å². The van der Waals surface area contributed by atoms with Gasteiger partial charge in [0, 0.05) is 11.4 Å². The predicted octanol–water partition coefficient (Wildman–Crippen LogP) is 3.69. The van der Waals surface area contributed by atoms with Crippen molar-refractivity contribution in [1.29, 1.82) is 0 Å². The summed E-state index contributed by atoms with van der Waals surface area (Å²) in [6.45, 7) is 2.06. The summed E-state index contributed by atoms with van der Waals surface area (Å²) >= 11 is 0. The van der Waals surface area contributed by atoms with Crippen LogP contribution >= 0.6 is 0 Å². The molecule has 1 atom stereocenters. The third kappa shape index (κ3) is 2.31. The van der Waals surface area contributed by atoms with Gasteiger partial charge in [0.1, 0.15) is 5.75 Å². The third-order valence-corrected chi connectivity index (χ3v) is 3.98. The van der Waals surface area contributed by atoms with Crippen molar-refractivity contribution in [2.45, 2.75) is 25.8 Å². The van der Waals surface area contributed by atoms with Gasteiger partial charge in [0.15, 0.2) is 0 Å². The number of methoxy groups -OCH3 is 1. The maximum Gasteiger partial charge on any atom is 0.121 e. The van der Waals surface area contributed by atoms with Gasteiger partial charge in [0.2, 0.25) is 0 Å². The van der Waals surface area contributed by atoms with Gasteiger partial charge in [-0.15, -0.1) is 0 Å². The number of hydrogen-bond donors (Lipinski definition) is 2. The zero-order valence-corrected chi connectivity index (χ0v) is 11.9. The Balaban J connectivity index is 1.82. The van der Waals surface area contributed by atoms with Crippen molar-refractivity contribution in [2.24, 2.45) is 0 Å². The van der Waals surface area contributed by atoms with Crippen molar-refractivity contribution in [1.82, 2.24) is 0 Å². The minimum absolute atomic E-state index is 0.374.